The quantitative estimate of drug-likeness (QED) is 0.366. The van der Waals surface area contributed by atoms with E-state index in [1.54, 1.807) is 14.2 Å². The second-order valence-electron chi connectivity index (χ2n) is 4.64. The Morgan fingerprint density at radius 3 is 2.26 bits per heavy atom. The normalized spacial score (nSPS) is 10.9. The van der Waals surface area contributed by atoms with E-state index in [-0.39, 0.29) is 12.1 Å². The molecule has 0 aliphatic heterocycles. The molecule has 0 saturated heterocycles. The van der Waals surface area contributed by atoms with E-state index in [0.29, 0.717) is 6.42 Å². The predicted molar refractivity (Wildman–Crippen MR) is 76.3 cm³/mol. The largest absolute Gasteiger partial charge is 0.356 e. The topological polar surface area (TPSA) is 35.5 Å². The maximum atomic E-state index is 11.8. The van der Waals surface area contributed by atoms with Gasteiger partial charge in [0, 0.05) is 26.2 Å². The second-order valence-corrected chi connectivity index (χ2v) is 4.64. The van der Waals surface area contributed by atoms with Crippen molar-refractivity contribution in [3.8, 4) is 0 Å². The fourth-order valence-corrected chi connectivity index (χ4v) is 2.05. The molecule has 0 unspecified atom stereocenters. The molecule has 0 fully saturated rings. The number of unbranched alkanes of at least 4 members (excludes halogenated alkanes) is 3. The van der Waals surface area contributed by atoms with E-state index in [0.717, 1.165) is 37.7 Å². The van der Waals surface area contributed by atoms with Gasteiger partial charge < -0.3 is 9.47 Å². The summed E-state index contributed by atoms with van der Waals surface area (Å²) in [6.07, 6.45) is 5.70. The molecular formula is C16H24O3. The van der Waals surface area contributed by atoms with Gasteiger partial charge in [-0.1, -0.05) is 43.2 Å². The lowest BCUT2D eigenvalue weighted by Gasteiger charge is -2.12. The van der Waals surface area contributed by atoms with Crippen molar-refractivity contribution in [1.82, 2.24) is 0 Å². The lowest BCUT2D eigenvalue weighted by Crippen LogP contribution is -2.12. The van der Waals surface area contributed by atoms with Crippen molar-refractivity contribution in [2.75, 3.05) is 14.2 Å². The predicted octanol–water partition coefficient (Wildman–Crippen LogP) is 3.83. The summed E-state index contributed by atoms with van der Waals surface area (Å²) in [7, 11) is 3.32. The summed E-state index contributed by atoms with van der Waals surface area (Å²) in [5.74, 6) is 0.243. The van der Waals surface area contributed by atoms with Crippen molar-refractivity contribution in [2.45, 2.75) is 44.8 Å². The third-order valence-corrected chi connectivity index (χ3v) is 3.22. The molecule has 1 aromatic rings. The standard InChI is InChI=1S/C16H24O3/c1-18-16(19-2)13-9-4-3-8-12-15(17)14-10-6-5-7-11-14/h5-7,10-11,16H,3-4,8-9,12-13H2,1-2H3. The molecule has 0 amide bonds. The van der Waals surface area contributed by atoms with Crippen LogP contribution in [-0.2, 0) is 9.47 Å². The van der Waals surface area contributed by atoms with Crippen molar-refractivity contribution >= 4 is 5.78 Å². The molecule has 0 aliphatic rings. The summed E-state index contributed by atoms with van der Waals surface area (Å²) >= 11 is 0. The molecule has 1 rings (SSSR count). The molecule has 106 valence electrons. The summed E-state index contributed by atoms with van der Waals surface area (Å²) in [6, 6.07) is 9.50. The van der Waals surface area contributed by atoms with Crippen LogP contribution in [0.1, 0.15) is 48.9 Å². The summed E-state index contributed by atoms with van der Waals surface area (Å²) < 4.78 is 10.3. The van der Waals surface area contributed by atoms with Crippen LogP contribution in [0.2, 0.25) is 0 Å². The molecule has 0 spiro atoms. The monoisotopic (exact) mass is 264 g/mol. The van der Waals surface area contributed by atoms with E-state index in [4.69, 9.17) is 9.47 Å². The first-order valence-electron chi connectivity index (χ1n) is 6.91. The van der Waals surface area contributed by atoms with Gasteiger partial charge in [0.05, 0.1) is 0 Å². The molecule has 0 radical (unpaired) electrons. The zero-order chi connectivity index (χ0) is 13.9. The van der Waals surface area contributed by atoms with Crippen LogP contribution < -0.4 is 0 Å². The first-order valence-corrected chi connectivity index (χ1v) is 6.91. The van der Waals surface area contributed by atoms with Gasteiger partial charge in [-0.3, -0.25) is 4.79 Å². The highest BCUT2D eigenvalue weighted by Crippen LogP contribution is 2.11. The number of methoxy groups -OCH3 is 2. The zero-order valence-corrected chi connectivity index (χ0v) is 11.9. The van der Waals surface area contributed by atoms with Crippen molar-refractivity contribution < 1.29 is 14.3 Å². The number of carbonyl (C=O) groups excluding carboxylic acids is 1. The number of hydrogen-bond donors (Lipinski definition) is 0. The van der Waals surface area contributed by atoms with E-state index in [9.17, 15) is 4.79 Å². The van der Waals surface area contributed by atoms with Crippen LogP contribution in [0.3, 0.4) is 0 Å². The van der Waals surface area contributed by atoms with Crippen LogP contribution >= 0.6 is 0 Å². The lowest BCUT2D eigenvalue weighted by atomic mass is 10.0. The summed E-state index contributed by atoms with van der Waals surface area (Å²) in [6.45, 7) is 0. The second kappa shape index (κ2) is 9.70. The van der Waals surface area contributed by atoms with Gasteiger partial charge in [-0.15, -0.1) is 0 Å². The van der Waals surface area contributed by atoms with Gasteiger partial charge in [0.25, 0.3) is 0 Å². The lowest BCUT2D eigenvalue weighted by molar-refractivity contribution is -0.107. The molecule has 0 bridgehead atoms. The van der Waals surface area contributed by atoms with E-state index >= 15 is 0 Å². The maximum Gasteiger partial charge on any atom is 0.162 e. The van der Waals surface area contributed by atoms with Crippen LogP contribution in [0.4, 0.5) is 0 Å². The summed E-state index contributed by atoms with van der Waals surface area (Å²) in [5.41, 5.74) is 0.821. The number of rotatable bonds is 10. The Balaban J connectivity index is 2.07. The first kappa shape index (κ1) is 15.9. The van der Waals surface area contributed by atoms with Gasteiger partial charge in [0.1, 0.15) is 0 Å². The maximum absolute atomic E-state index is 11.8. The fourth-order valence-electron chi connectivity index (χ4n) is 2.05. The third kappa shape index (κ3) is 6.50. The third-order valence-electron chi connectivity index (χ3n) is 3.22. The zero-order valence-electron chi connectivity index (χ0n) is 11.9. The Morgan fingerprint density at radius 2 is 1.63 bits per heavy atom. The average Bonchev–Trinajstić information content (AvgIpc) is 2.47. The number of Topliss-reactive ketones (excluding diaryl/α,β-unsaturated/α-hetero) is 1. The Bertz CT molecular complexity index is 344. The fraction of sp³-hybridized carbons (Fsp3) is 0.562. The van der Waals surface area contributed by atoms with Crippen LogP contribution in [0.5, 0.6) is 0 Å². The number of hydrogen-bond acceptors (Lipinski definition) is 3. The van der Waals surface area contributed by atoms with Gasteiger partial charge >= 0.3 is 0 Å². The van der Waals surface area contributed by atoms with Crippen LogP contribution in [0, 0.1) is 0 Å². The number of benzene rings is 1. The minimum Gasteiger partial charge on any atom is -0.356 e. The van der Waals surface area contributed by atoms with Gasteiger partial charge in [0.2, 0.25) is 0 Å². The number of carbonyl (C=O) groups is 1. The molecule has 0 aromatic heterocycles. The van der Waals surface area contributed by atoms with Gasteiger partial charge in [0.15, 0.2) is 12.1 Å². The molecule has 0 aliphatic carbocycles. The molecule has 19 heavy (non-hydrogen) atoms. The molecule has 0 N–H and O–H groups in total. The summed E-state index contributed by atoms with van der Waals surface area (Å²) in [4.78, 5) is 11.8. The Morgan fingerprint density at radius 1 is 1.00 bits per heavy atom. The Labute approximate surface area is 115 Å². The van der Waals surface area contributed by atoms with Crippen molar-refractivity contribution in [3.63, 3.8) is 0 Å². The van der Waals surface area contributed by atoms with Crippen molar-refractivity contribution in [2.24, 2.45) is 0 Å². The highest BCUT2D eigenvalue weighted by atomic mass is 16.7. The highest BCUT2D eigenvalue weighted by Gasteiger charge is 2.06. The SMILES string of the molecule is COC(CCCCCCC(=O)c1ccccc1)OC. The van der Waals surface area contributed by atoms with E-state index in [2.05, 4.69) is 0 Å². The van der Waals surface area contributed by atoms with Crippen molar-refractivity contribution in [1.29, 1.82) is 0 Å². The Kier molecular flexibility index (Phi) is 8.10. The minimum atomic E-state index is -0.0917. The van der Waals surface area contributed by atoms with Crippen molar-refractivity contribution in [3.05, 3.63) is 35.9 Å². The molecule has 0 heterocycles. The van der Waals surface area contributed by atoms with E-state index in [1.807, 2.05) is 30.3 Å². The average molecular weight is 264 g/mol. The molecule has 0 atom stereocenters. The molecule has 3 heteroatoms. The van der Waals surface area contributed by atoms with Gasteiger partial charge in [-0.2, -0.15) is 0 Å². The van der Waals surface area contributed by atoms with Gasteiger partial charge in [-0.25, -0.2) is 0 Å². The smallest absolute Gasteiger partial charge is 0.162 e. The molecule has 0 saturated carbocycles. The number of ketones is 1. The van der Waals surface area contributed by atoms with E-state index in [1.165, 1.54) is 0 Å². The number of ether oxygens (including phenoxy) is 2. The highest BCUT2D eigenvalue weighted by molar-refractivity contribution is 5.95. The minimum absolute atomic E-state index is 0.0917. The summed E-state index contributed by atoms with van der Waals surface area (Å²) in [5, 5.41) is 0. The molecule has 3 nitrogen and oxygen atoms in total. The Hall–Kier alpha value is -1.19. The van der Waals surface area contributed by atoms with Crippen LogP contribution in [-0.4, -0.2) is 26.3 Å². The van der Waals surface area contributed by atoms with Crippen LogP contribution in [0.15, 0.2) is 30.3 Å². The first-order chi connectivity index (χ1) is 9.27. The van der Waals surface area contributed by atoms with E-state index < -0.39 is 0 Å². The van der Waals surface area contributed by atoms with Gasteiger partial charge in [-0.05, 0) is 19.3 Å². The molecule has 1 aromatic carbocycles. The van der Waals surface area contributed by atoms with Crippen LogP contribution in [0.25, 0.3) is 0 Å². The molecular weight excluding hydrogens is 240 g/mol.